The Morgan fingerprint density at radius 2 is 1.94 bits per heavy atom. The van der Waals surface area contributed by atoms with E-state index in [1.807, 2.05) is 0 Å². The summed E-state index contributed by atoms with van der Waals surface area (Å²) in [7, 11) is 0. The summed E-state index contributed by atoms with van der Waals surface area (Å²) in [5.74, 6) is -1.88. The van der Waals surface area contributed by atoms with Crippen LogP contribution < -0.4 is 0 Å². The molecule has 0 bridgehead atoms. The van der Waals surface area contributed by atoms with Gasteiger partial charge in [-0.15, -0.1) is 0 Å². The van der Waals surface area contributed by atoms with Gasteiger partial charge < -0.3 is 10.2 Å². The fourth-order valence-electron chi connectivity index (χ4n) is 2.71. The molecule has 2 atom stereocenters. The zero-order chi connectivity index (χ0) is 14.0. The van der Waals surface area contributed by atoms with E-state index in [4.69, 9.17) is 0 Å². The number of hydrogen-bond acceptors (Lipinski definition) is 2. The summed E-state index contributed by atoms with van der Waals surface area (Å²) in [4.78, 5) is 23.1. The van der Waals surface area contributed by atoms with Crippen LogP contribution in [0.4, 0.5) is 0 Å². The Labute approximate surface area is 107 Å². The van der Waals surface area contributed by atoms with E-state index in [2.05, 4.69) is 6.58 Å². The van der Waals surface area contributed by atoms with Gasteiger partial charge in [-0.2, -0.15) is 0 Å². The van der Waals surface area contributed by atoms with Gasteiger partial charge in [-0.05, 0) is 25.7 Å². The molecule has 0 saturated carbocycles. The fraction of sp³-hybridized carbons (Fsp3) is 0.571. The largest absolute Gasteiger partial charge is 0.481 e. The van der Waals surface area contributed by atoms with Gasteiger partial charge in [-0.3, -0.25) is 9.59 Å². The van der Waals surface area contributed by atoms with Crippen molar-refractivity contribution in [3.63, 3.8) is 0 Å². The van der Waals surface area contributed by atoms with Crippen LogP contribution in [0.3, 0.4) is 0 Å². The van der Waals surface area contributed by atoms with Crippen molar-refractivity contribution in [1.82, 2.24) is 0 Å². The number of carboxylic acid groups (broad SMARTS) is 2. The van der Waals surface area contributed by atoms with Gasteiger partial charge in [0.2, 0.25) is 0 Å². The van der Waals surface area contributed by atoms with Gasteiger partial charge >= 0.3 is 11.9 Å². The summed E-state index contributed by atoms with van der Waals surface area (Å²) in [6.45, 7) is 7.22. The number of carboxylic acids is 2. The smallest absolute Gasteiger partial charge is 0.313 e. The lowest BCUT2D eigenvalue weighted by molar-refractivity contribution is -0.157. The molecule has 0 fully saturated rings. The maximum absolute atomic E-state index is 11.5. The van der Waals surface area contributed by atoms with Crippen LogP contribution in [-0.2, 0) is 9.59 Å². The molecule has 0 heterocycles. The predicted octanol–water partition coefficient (Wildman–Crippen LogP) is 2.85. The summed E-state index contributed by atoms with van der Waals surface area (Å²) in [5, 5.41) is 18.9. The van der Waals surface area contributed by atoms with E-state index in [1.54, 1.807) is 26.0 Å². The Bertz CT molecular complexity index is 410. The Kier molecular flexibility index (Phi) is 3.99. The molecule has 18 heavy (non-hydrogen) atoms. The Balaban J connectivity index is 3.35. The number of rotatable bonds is 5. The normalized spacial score (nSPS) is 31.6. The number of carbonyl (C=O) groups is 2. The van der Waals surface area contributed by atoms with Crippen LogP contribution in [0.5, 0.6) is 0 Å². The number of hydrogen-bond donors (Lipinski definition) is 2. The highest BCUT2D eigenvalue weighted by Gasteiger charge is 2.50. The van der Waals surface area contributed by atoms with Crippen molar-refractivity contribution in [2.45, 2.75) is 39.5 Å². The van der Waals surface area contributed by atoms with Gasteiger partial charge in [0.15, 0.2) is 0 Å². The van der Waals surface area contributed by atoms with E-state index < -0.39 is 22.8 Å². The molecule has 0 spiro atoms. The third-order valence-electron chi connectivity index (χ3n) is 4.11. The molecule has 0 aromatic carbocycles. The molecule has 0 aliphatic heterocycles. The first kappa shape index (κ1) is 14.5. The Morgan fingerprint density at radius 1 is 1.33 bits per heavy atom. The second-order valence-corrected chi connectivity index (χ2v) is 5.03. The van der Waals surface area contributed by atoms with Crippen molar-refractivity contribution in [2.24, 2.45) is 10.8 Å². The summed E-state index contributed by atoms with van der Waals surface area (Å²) in [6, 6.07) is 0. The summed E-state index contributed by atoms with van der Waals surface area (Å²) in [5.41, 5.74) is -1.36. The van der Waals surface area contributed by atoms with Crippen LogP contribution >= 0.6 is 0 Å². The third-order valence-corrected chi connectivity index (χ3v) is 4.11. The van der Waals surface area contributed by atoms with Gasteiger partial charge in [-0.25, -0.2) is 0 Å². The number of allylic oxidation sites excluding steroid dienone is 2. The van der Waals surface area contributed by atoms with E-state index in [-0.39, 0.29) is 6.42 Å². The Morgan fingerprint density at radius 3 is 2.28 bits per heavy atom. The van der Waals surface area contributed by atoms with Crippen LogP contribution in [0, 0.1) is 10.8 Å². The molecular formula is C14H20O4. The maximum Gasteiger partial charge on any atom is 0.313 e. The molecule has 1 rings (SSSR count). The quantitative estimate of drug-likeness (QED) is 0.789. The lowest BCUT2D eigenvalue weighted by Gasteiger charge is -2.41. The molecule has 0 saturated heterocycles. The molecule has 0 amide bonds. The minimum absolute atomic E-state index is 0.148. The second kappa shape index (κ2) is 4.96. The molecule has 0 aromatic heterocycles. The number of aliphatic carboxylic acids is 2. The van der Waals surface area contributed by atoms with Crippen molar-refractivity contribution in [1.29, 1.82) is 0 Å². The molecule has 0 aromatic rings. The fourth-order valence-corrected chi connectivity index (χ4v) is 2.71. The maximum atomic E-state index is 11.5. The standard InChI is InChI=1S/C14H20O4/c1-4-10-7-13(5-2,11(15)16)9-14(6-3,8-10)12(17)18/h4,7H,1,5-6,8-9H2,2-3H3,(H,15,16)(H,17,18). The van der Waals surface area contributed by atoms with E-state index in [9.17, 15) is 19.8 Å². The molecule has 100 valence electrons. The highest BCUT2D eigenvalue weighted by atomic mass is 16.4. The molecule has 1 aliphatic rings. The van der Waals surface area contributed by atoms with Crippen molar-refractivity contribution >= 4 is 11.9 Å². The molecule has 1 aliphatic carbocycles. The monoisotopic (exact) mass is 252 g/mol. The molecular weight excluding hydrogens is 232 g/mol. The molecule has 4 nitrogen and oxygen atoms in total. The van der Waals surface area contributed by atoms with Crippen molar-refractivity contribution in [3.05, 3.63) is 24.3 Å². The van der Waals surface area contributed by atoms with Crippen LogP contribution in [-0.4, -0.2) is 22.2 Å². The van der Waals surface area contributed by atoms with E-state index >= 15 is 0 Å². The van der Waals surface area contributed by atoms with E-state index in [0.717, 1.165) is 5.57 Å². The van der Waals surface area contributed by atoms with Gasteiger partial charge in [0.1, 0.15) is 0 Å². The summed E-state index contributed by atoms with van der Waals surface area (Å²) < 4.78 is 0. The van der Waals surface area contributed by atoms with Gasteiger partial charge in [0, 0.05) is 0 Å². The predicted molar refractivity (Wildman–Crippen MR) is 68.2 cm³/mol. The second-order valence-electron chi connectivity index (χ2n) is 5.03. The van der Waals surface area contributed by atoms with Crippen LogP contribution in [0.2, 0.25) is 0 Å². The van der Waals surface area contributed by atoms with Crippen molar-refractivity contribution < 1.29 is 19.8 Å². The van der Waals surface area contributed by atoms with Crippen LogP contribution in [0.25, 0.3) is 0 Å². The van der Waals surface area contributed by atoms with Gasteiger partial charge in [0.25, 0.3) is 0 Å². The molecule has 0 radical (unpaired) electrons. The Hall–Kier alpha value is -1.58. The minimum Gasteiger partial charge on any atom is -0.481 e. The molecule has 2 N–H and O–H groups in total. The third kappa shape index (κ3) is 2.19. The topological polar surface area (TPSA) is 74.6 Å². The first-order valence-electron chi connectivity index (χ1n) is 6.17. The SMILES string of the molecule is C=CC1=CC(CC)(C(=O)O)CC(CC)(C(=O)O)C1. The average Bonchev–Trinajstić information content (AvgIpc) is 2.37. The van der Waals surface area contributed by atoms with Crippen LogP contribution in [0.1, 0.15) is 39.5 Å². The summed E-state index contributed by atoms with van der Waals surface area (Å²) in [6.07, 6.45) is 4.56. The van der Waals surface area contributed by atoms with Crippen LogP contribution in [0.15, 0.2) is 24.3 Å². The molecule has 2 unspecified atom stereocenters. The zero-order valence-electron chi connectivity index (χ0n) is 10.9. The first-order chi connectivity index (χ1) is 8.35. The highest BCUT2D eigenvalue weighted by Crippen LogP contribution is 2.49. The van der Waals surface area contributed by atoms with E-state index in [1.165, 1.54) is 0 Å². The van der Waals surface area contributed by atoms with Crippen molar-refractivity contribution in [3.8, 4) is 0 Å². The lowest BCUT2D eigenvalue weighted by Crippen LogP contribution is -2.43. The minimum atomic E-state index is -1.09. The van der Waals surface area contributed by atoms with Gasteiger partial charge in [-0.1, -0.05) is 38.2 Å². The molecule has 4 heteroatoms. The lowest BCUT2D eigenvalue weighted by atomic mass is 9.61. The van der Waals surface area contributed by atoms with E-state index in [0.29, 0.717) is 19.3 Å². The first-order valence-corrected chi connectivity index (χ1v) is 6.17. The summed E-state index contributed by atoms with van der Waals surface area (Å²) >= 11 is 0. The van der Waals surface area contributed by atoms with Crippen molar-refractivity contribution in [2.75, 3.05) is 0 Å². The highest BCUT2D eigenvalue weighted by molar-refractivity contribution is 5.82. The van der Waals surface area contributed by atoms with Gasteiger partial charge in [0.05, 0.1) is 10.8 Å². The average molecular weight is 252 g/mol. The zero-order valence-corrected chi connectivity index (χ0v) is 10.9.